The van der Waals surface area contributed by atoms with Gasteiger partial charge >= 0.3 is 11.9 Å². The molecule has 0 amide bonds. The maximum Gasteiger partial charge on any atom is 0.309 e. The molecule has 120 valence electrons. The first-order valence-electron chi connectivity index (χ1n) is 7.88. The first kappa shape index (κ1) is 15.3. The van der Waals surface area contributed by atoms with Gasteiger partial charge in [0.05, 0.1) is 5.92 Å². The van der Waals surface area contributed by atoms with Crippen LogP contribution in [0.25, 0.3) is 0 Å². The van der Waals surface area contributed by atoms with Gasteiger partial charge < -0.3 is 9.47 Å². The van der Waals surface area contributed by atoms with Gasteiger partial charge in [0.25, 0.3) is 0 Å². The molecule has 1 aliphatic heterocycles. The molecule has 0 spiro atoms. The van der Waals surface area contributed by atoms with Crippen LogP contribution in [0.2, 0.25) is 0 Å². The van der Waals surface area contributed by atoms with Gasteiger partial charge in [-0.1, -0.05) is 13.8 Å². The Labute approximate surface area is 130 Å². The van der Waals surface area contributed by atoms with Gasteiger partial charge in [-0.05, 0) is 36.3 Å². The summed E-state index contributed by atoms with van der Waals surface area (Å²) in [7, 11) is 0. The molecule has 1 saturated carbocycles. The maximum atomic E-state index is 12.5. The van der Waals surface area contributed by atoms with E-state index < -0.39 is 12.1 Å². The van der Waals surface area contributed by atoms with E-state index in [9.17, 15) is 14.4 Å². The monoisotopic (exact) mass is 306 g/mol. The minimum Gasteiger partial charge on any atom is -0.457 e. The van der Waals surface area contributed by atoms with Gasteiger partial charge in [-0.15, -0.1) is 0 Å². The Morgan fingerprint density at radius 3 is 2.68 bits per heavy atom. The summed E-state index contributed by atoms with van der Waals surface area (Å²) in [6.07, 6.45) is 1.26. The lowest BCUT2D eigenvalue weighted by Crippen LogP contribution is -2.47. The highest BCUT2D eigenvalue weighted by molar-refractivity contribution is 6.01. The van der Waals surface area contributed by atoms with Gasteiger partial charge in [-0.25, -0.2) is 0 Å². The van der Waals surface area contributed by atoms with Crippen molar-refractivity contribution in [3.05, 3.63) is 11.1 Å². The number of esters is 2. The molecule has 0 bridgehead atoms. The summed E-state index contributed by atoms with van der Waals surface area (Å²) in [6.45, 7) is 7.08. The summed E-state index contributed by atoms with van der Waals surface area (Å²) in [6, 6.07) is 0. The predicted molar refractivity (Wildman–Crippen MR) is 77.8 cm³/mol. The third-order valence-electron chi connectivity index (χ3n) is 5.62. The van der Waals surface area contributed by atoms with Crippen LogP contribution in [-0.2, 0) is 23.9 Å². The Hall–Kier alpha value is -1.65. The molecule has 5 atom stereocenters. The van der Waals surface area contributed by atoms with E-state index in [1.54, 1.807) is 6.92 Å². The average molecular weight is 306 g/mol. The Morgan fingerprint density at radius 2 is 2.05 bits per heavy atom. The van der Waals surface area contributed by atoms with Gasteiger partial charge in [0, 0.05) is 19.3 Å². The lowest BCUT2D eigenvalue weighted by molar-refractivity contribution is -0.155. The lowest BCUT2D eigenvalue weighted by atomic mass is 9.59. The van der Waals surface area contributed by atoms with Gasteiger partial charge in [0.15, 0.2) is 11.9 Å². The molecule has 5 heteroatoms. The molecular formula is C17H22O5. The van der Waals surface area contributed by atoms with E-state index in [1.165, 1.54) is 6.92 Å². The topological polar surface area (TPSA) is 69.7 Å². The van der Waals surface area contributed by atoms with Gasteiger partial charge in [0.1, 0.15) is 6.10 Å². The number of fused-ring (bicyclic) bond motifs is 3. The summed E-state index contributed by atoms with van der Waals surface area (Å²) < 4.78 is 10.8. The van der Waals surface area contributed by atoms with E-state index in [4.69, 9.17) is 9.47 Å². The Bertz CT molecular complexity index is 590. The van der Waals surface area contributed by atoms with Crippen molar-refractivity contribution in [1.29, 1.82) is 0 Å². The molecule has 1 heterocycles. The van der Waals surface area contributed by atoms with Crippen LogP contribution in [0.1, 0.15) is 47.0 Å². The van der Waals surface area contributed by atoms with E-state index >= 15 is 0 Å². The standard InChI is InChI=1S/C17H22O5/c1-8-11-5-6-17(4)7-12(21-10(3)18)14(19)9(2)13(17)15(11)22-16(8)20/h8,11-12,15H,5-7H2,1-4H3/t8-,11-,12+,15-,17-/m0/s1. The molecule has 0 aromatic carbocycles. The van der Waals surface area contributed by atoms with E-state index in [0.717, 1.165) is 18.4 Å². The second kappa shape index (κ2) is 4.93. The van der Waals surface area contributed by atoms with E-state index in [-0.39, 0.29) is 35.1 Å². The Morgan fingerprint density at radius 1 is 1.36 bits per heavy atom. The number of hydrogen-bond acceptors (Lipinski definition) is 5. The minimum absolute atomic E-state index is 0.115. The van der Waals surface area contributed by atoms with Crippen LogP contribution in [0.5, 0.6) is 0 Å². The number of rotatable bonds is 1. The molecule has 0 aromatic rings. The van der Waals surface area contributed by atoms with Crippen molar-refractivity contribution in [3.63, 3.8) is 0 Å². The average Bonchev–Trinajstić information content (AvgIpc) is 2.70. The zero-order valence-electron chi connectivity index (χ0n) is 13.5. The van der Waals surface area contributed by atoms with Crippen molar-refractivity contribution in [1.82, 2.24) is 0 Å². The number of Topliss-reactive ketones (excluding diaryl/α,β-unsaturated/α-hetero) is 1. The second-order valence-corrected chi connectivity index (χ2v) is 7.11. The number of carbonyl (C=O) groups excluding carboxylic acids is 3. The van der Waals surface area contributed by atoms with E-state index in [2.05, 4.69) is 6.92 Å². The SMILES string of the molecule is CC(=O)O[C@@H]1C[C@]2(C)CC[C@H]3[C@H](C)C(=O)O[C@@H]3C2=C(C)C1=O. The van der Waals surface area contributed by atoms with Crippen molar-refractivity contribution >= 4 is 17.7 Å². The summed E-state index contributed by atoms with van der Waals surface area (Å²) in [5.41, 5.74) is 1.32. The van der Waals surface area contributed by atoms with Gasteiger partial charge in [0.2, 0.25) is 0 Å². The largest absolute Gasteiger partial charge is 0.457 e. The first-order valence-corrected chi connectivity index (χ1v) is 7.88. The molecule has 0 aromatic heterocycles. The van der Waals surface area contributed by atoms with Crippen molar-refractivity contribution in [2.75, 3.05) is 0 Å². The van der Waals surface area contributed by atoms with Gasteiger partial charge in [-0.2, -0.15) is 0 Å². The summed E-state index contributed by atoms with van der Waals surface area (Å²) in [5, 5.41) is 0. The minimum atomic E-state index is -0.711. The molecule has 0 radical (unpaired) electrons. The molecule has 3 aliphatic rings. The molecule has 2 fully saturated rings. The lowest BCUT2D eigenvalue weighted by Gasteiger charge is -2.47. The number of ether oxygens (including phenoxy) is 2. The highest BCUT2D eigenvalue weighted by Crippen LogP contribution is 2.55. The van der Waals surface area contributed by atoms with Crippen LogP contribution in [-0.4, -0.2) is 29.9 Å². The number of ketones is 1. The third-order valence-corrected chi connectivity index (χ3v) is 5.62. The summed E-state index contributed by atoms with van der Waals surface area (Å²) >= 11 is 0. The van der Waals surface area contributed by atoms with Gasteiger partial charge in [-0.3, -0.25) is 14.4 Å². The quantitative estimate of drug-likeness (QED) is 0.695. The molecule has 3 rings (SSSR count). The smallest absolute Gasteiger partial charge is 0.309 e. The van der Waals surface area contributed by atoms with Crippen LogP contribution in [0, 0.1) is 17.3 Å². The van der Waals surface area contributed by atoms with Crippen LogP contribution in [0.4, 0.5) is 0 Å². The van der Waals surface area contributed by atoms with E-state index in [1.807, 2.05) is 6.92 Å². The fourth-order valence-electron chi connectivity index (χ4n) is 4.44. The van der Waals surface area contributed by atoms with Crippen molar-refractivity contribution in [2.24, 2.45) is 17.3 Å². The van der Waals surface area contributed by atoms with Crippen molar-refractivity contribution < 1.29 is 23.9 Å². The fourth-order valence-corrected chi connectivity index (χ4v) is 4.44. The molecular weight excluding hydrogens is 284 g/mol. The number of carbonyl (C=O) groups is 3. The van der Waals surface area contributed by atoms with Crippen LogP contribution in [0.15, 0.2) is 11.1 Å². The molecule has 5 nitrogen and oxygen atoms in total. The highest BCUT2D eigenvalue weighted by Gasteiger charge is 2.55. The van der Waals surface area contributed by atoms with Crippen molar-refractivity contribution in [2.45, 2.75) is 59.2 Å². The molecule has 0 N–H and O–H groups in total. The fraction of sp³-hybridized carbons (Fsp3) is 0.706. The zero-order chi connectivity index (χ0) is 16.2. The highest BCUT2D eigenvalue weighted by atomic mass is 16.6. The maximum absolute atomic E-state index is 12.5. The third kappa shape index (κ3) is 2.09. The van der Waals surface area contributed by atoms with Crippen LogP contribution < -0.4 is 0 Å². The predicted octanol–water partition coefficient (Wildman–Crippen LogP) is 2.19. The van der Waals surface area contributed by atoms with Crippen LogP contribution in [0.3, 0.4) is 0 Å². The molecule has 2 aliphatic carbocycles. The zero-order valence-corrected chi connectivity index (χ0v) is 13.5. The molecule has 1 saturated heterocycles. The summed E-state index contributed by atoms with van der Waals surface area (Å²) in [4.78, 5) is 35.7. The van der Waals surface area contributed by atoms with E-state index in [0.29, 0.717) is 12.0 Å². The number of hydrogen-bond donors (Lipinski definition) is 0. The first-order chi connectivity index (χ1) is 10.2. The van der Waals surface area contributed by atoms with Crippen molar-refractivity contribution in [3.8, 4) is 0 Å². The Balaban J connectivity index is 2.01. The molecule has 22 heavy (non-hydrogen) atoms. The summed E-state index contributed by atoms with van der Waals surface area (Å²) in [5.74, 6) is -0.722. The second-order valence-electron chi connectivity index (χ2n) is 7.11. The Kier molecular flexibility index (Phi) is 3.42. The molecule has 0 unspecified atom stereocenters. The van der Waals surface area contributed by atoms with Crippen LogP contribution >= 0.6 is 0 Å². The normalized spacial score (nSPS) is 40.9.